The van der Waals surface area contributed by atoms with Crippen LogP contribution >= 0.6 is 0 Å². The minimum Gasteiger partial charge on any atom is -0.494 e. The van der Waals surface area contributed by atoms with Crippen molar-refractivity contribution in [2.24, 2.45) is 5.92 Å². The van der Waals surface area contributed by atoms with Crippen LogP contribution < -0.4 is 19.7 Å². The number of aromatic nitrogens is 2. The Morgan fingerprint density at radius 2 is 1.86 bits per heavy atom. The van der Waals surface area contributed by atoms with Crippen LogP contribution in [0.15, 0.2) is 42.6 Å². The summed E-state index contributed by atoms with van der Waals surface area (Å²) in [7, 11) is 1.52. The predicted octanol–water partition coefficient (Wildman–Crippen LogP) is 5.96. The highest BCUT2D eigenvalue weighted by Crippen LogP contribution is 2.40. The molecule has 1 aromatic heterocycles. The van der Waals surface area contributed by atoms with E-state index in [1.54, 1.807) is 32.0 Å². The summed E-state index contributed by atoms with van der Waals surface area (Å²) in [5.74, 6) is -0.929. The van der Waals surface area contributed by atoms with Crippen LogP contribution in [0.4, 0.5) is 30.5 Å². The van der Waals surface area contributed by atoms with Crippen LogP contribution in [0.5, 0.6) is 17.4 Å². The van der Waals surface area contributed by atoms with Gasteiger partial charge in [0.05, 0.1) is 37.6 Å². The number of nitrogens with zero attached hydrogens (tertiary/aromatic N) is 4. The van der Waals surface area contributed by atoms with Gasteiger partial charge in [0, 0.05) is 50.0 Å². The number of methoxy groups -OCH3 is 1. The number of rotatable bonds is 10. The molecule has 2 aliphatic rings. The molecular formula is C31H36F3N5O4. The Morgan fingerprint density at radius 1 is 1.12 bits per heavy atom. The molecule has 2 aromatic carbocycles. The van der Waals surface area contributed by atoms with Crippen LogP contribution in [0.25, 0.3) is 0 Å². The molecule has 0 aliphatic carbocycles. The maximum absolute atomic E-state index is 14.0. The van der Waals surface area contributed by atoms with Gasteiger partial charge in [0.15, 0.2) is 5.78 Å². The number of carbonyl (C=O) groups is 1. The Balaban J connectivity index is 1.40. The molecule has 12 heteroatoms. The van der Waals surface area contributed by atoms with Crippen molar-refractivity contribution in [3.63, 3.8) is 0 Å². The summed E-state index contributed by atoms with van der Waals surface area (Å²) in [5.41, 5.74) is 1.23. The van der Waals surface area contributed by atoms with Crippen LogP contribution in [0.2, 0.25) is 0 Å². The number of anilines is 3. The molecule has 2 fully saturated rings. The van der Waals surface area contributed by atoms with E-state index in [0.717, 1.165) is 45.1 Å². The molecule has 0 atom stereocenters. The van der Waals surface area contributed by atoms with Gasteiger partial charge in [0.25, 0.3) is 0 Å². The zero-order chi connectivity index (χ0) is 30.7. The van der Waals surface area contributed by atoms with Crippen molar-refractivity contribution in [1.82, 2.24) is 14.9 Å². The Morgan fingerprint density at radius 3 is 2.47 bits per heavy atom. The molecule has 3 heterocycles. The number of nitrogens with one attached hydrogen (secondary N) is 1. The van der Waals surface area contributed by atoms with Crippen molar-refractivity contribution in [3.8, 4) is 17.4 Å². The maximum Gasteiger partial charge on any atom is 0.423 e. The van der Waals surface area contributed by atoms with Crippen LogP contribution in [0, 0.1) is 5.92 Å². The molecular weight excluding hydrogens is 563 g/mol. The van der Waals surface area contributed by atoms with Gasteiger partial charge in [-0.1, -0.05) is 32.9 Å². The molecule has 43 heavy (non-hydrogen) atoms. The average molecular weight is 600 g/mol. The highest BCUT2D eigenvalue weighted by molar-refractivity contribution is 6.01. The lowest BCUT2D eigenvalue weighted by molar-refractivity contribution is -0.139. The fraction of sp³-hybridized carbons (Fsp3) is 0.452. The quantitative estimate of drug-likeness (QED) is 0.284. The zero-order valence-electron chi connectivity index (χ0n) is 24.7. The Kier molecular flexibility index (Phi) is 9.07. The van der Waals surface area contributed by atoms with E-state index in [0.29, 0.717) is 35.7 Å². The number of piperazine rings is 1. The molecule has 2 aliphatic heterocycles. The number of ketones is 1. The summed E-state index contributed by atoms with van der Waals surface area (Å²) in [6, 6.07) is 11.0. The van der Waals surface area contributed by atoms with E-state index >= 15 is 0 Å². The van der Waals surface area contributed by atoms with Gasteiger partial charge in [0.1, 0.15) is 17.1 Å². The Bertz CT molecular complexity index is 1450. The first-order valence-electron chi connectivity index (χ1n) is 14.4. The lowest BCUT2D eigenvalue weighted by Crippen LogP contribution is -2.56. The van der Waals surface area contributed by atoms with Gasteiger partial charge in [-0.05, 0) is 30.2 Å². The van der Waals surface area contributed by atoms with E-state index in [1.807, 2.05) is 19.1 Å². The number of hydrogen-bond acceptors (Lipinski definition) is 9. The van der Waals surface area contributed by atoms with E-state index in [4.69, 9.17) is 14.2 Å². The van der Waals surface area contributed by atoms with E-state index < -0.39 is 17.6 Å². The molecule has 0 unspecified atom stereocenters. The smallest absolute Gasteiger partial charge is 0.423 e. The van der Waals surface area contributed by atoms with E-state index in [-0.39, 0.29) is 29.0 Å². The van der Waals surface area contributed by atoms with Crippen LogP contribution in [0.1, 0.15) is 42.3 Å². The molecule has 2 saturated heterocycles. The molecule has 0 radical (unpaired) electrons. The van der Waals surface area contributed by atoms with E-state index in [9.17, 15) is 18.0 Å². The number of carbonyl (C=O) groups excluding carboxylic acids is 1. The first kappa shape index (κ1) is 30.6. The van der Waals surface area contributed by atoms with Crippen LogP contribution in [-0.4, -0.2) is 73.2 Å². The van der Waals surface area contributed by atoms with Crippen molar-refractivity contribution in [2.75, 3.05) is 56.7 Å². The number of benzene rings is 2. The SMILES string of the molecule is CCc1cccc(Oc2nc(Nc3ccc(N4CCN(C5COC5)CC4)cc3OC)ncc2C(F)(F)F)c1C(=O)C(C)C. The topological polar surface area (TPSA) is 89.1 Å². The minimum atomic E-state index is -4.78. The van der Waals surface area contributed by atoms with Crippen molar-refractivity contribution in [2.45, 2.75) is 39.4 Å². The van der Waals surface area contributed by atoms with Crippen LogP contribution in [-0.2, 0) is 17.3 Å². The van der Waals surface area contributed by atoms with Gasteiger partial charge < -0.3 is 24.4 Å². The summed E-state index contributed by atoms with van der Waals surface area (Å²) in [4.78, 5) is 25.8. The third-order valence-electron chi connectivity index (χ3n) is 7.78. The molecule has 0 spiro atoms. The summed E-state index contributed by atoms with van der Waals surface area (Å²) < 4.78 is 58.7. The Hall–Kier alpha value is -3.90. The van der Waals surface area contributed by atoms with Crippen LogP contribution in [0.3, 0.4) is 0 Å². The van der Waals surface area contributed by atoms with E-state index in [1.165, 1.54) is 13.2 Å². The third-order valence-corrected chi connectivity index (χ3v) is 7.78. The third kappa shape index (κ3) is 6.70. The maximum atomic E-state index is 14.0. The van der Waals surface area contributed by atoms with Gasteiger partial charge in [-0.2, -0.15) is 18.2 Å². The van der Waals surface area contributed by atoms with Gasteiger partial charge in [-0.25, -0.2) is 4.98 Å². The second-order valence-electron chi connectivity index (χ2n) is 10.9. The number of alkyl halides is 3. The minimum absolute atomic E-state index is 0.0139. The molecule has 9 nitrogen and oxygen atoms in total. The highest BCUT2D eigenvalue weighted by atomic mass is 19.4. The van der Waals surface area contributed by atoms with E-state index in [2.05, 4.69) is 25.1 Å². The average Bonchev–Trinajstić information content (AvgIpc) is 2.96. The van der Waals surface area contributed by atoms with Gasteiger partial charge in [-0.15, -0.1) is 0 Å². The van der Waals surface area contributed by atoms with Gasteiger partial charge in [-0.3, -0.25) is 9.69 Å². The fourth-order valence-corrected chi connectivity index (χ4v) is 5.21. The molecule has 5 rings (SSSR count). The molecule has 1 N–H and O–H groups in total. The summed E-state index contributed by atoms with van der Waals surface area (Å²) >= 11 is 0. The second kappa shape index (κ2) is 12.8. The molecule has 3 aromatic rings. The molecule has 0 amide bonds. The summed E-state index contributed by atoms with van der Waals surface area (Å²) in [6.07, 6.45) is -3.60. The first-order chi connectivity index (χ1) is 20.6. The van der Waals surface area contributed by atoms with Crippen molar-refractivity contribution < 1.29 is 32.2 Å². The zero-order valence-corrected chi connectivity index (χ0v) is 24.7. The number of halogens is 3. The van der Waals surface area contributed by atoms with Crippen molar-refractivity contribution in [1.29, 1.82) is 0 Å². The largest absolute Gasteiger partial charge is 0.494 e. The molecule has 0 bridgehead atoms. The predicted molar refractivity (Wildman–Crippen MR) is 157 cm³/mol. The summed E-state index contributed by atoms with van der Waals surface area (Å²) in [6.45, 7) is 10.5. The monoisotopic (exact) mass is 599 g/mol. The second-order valence-corrected chi connectivity index (χ2v) is 10.9. The number of ether oxygens (including phenoxy) is 3. The number of Topliss-reactive ketones (excluding diaryl/α,β-unsaturated/α-hetero) is 1. The van der Waals surface area contributed by atoms with Gasteiger partial charge >= 0.3 is 6.18 Å². The number of hydrogen-bond donors (Lipinski definition) is 1. The van der Waals surface area contributed by atoms with Crippen molar-refractivity contribution >= 4 is 23.1 Å². The lowest BCUT2D eigenvalue weighted by Gasteiger charge is -2.43. The molecule has 0 saturated carbocycles. The highest BCUT2D eigenvalue weighted by Gasteiger charge is 2.37. The fourth-order valence-electron chi connectivity index (χ4n) is 5.21. The summed E-state index contributed by atoms with van der Waals surface area (Å²) in [5, 5.41) is 2.97. The normalized spacial score (nSPS) is 16.2. The number of aryl methyl sites for hydroxylation is 1. The van der Waals surface area contributed by atoms with Crippen molar-refractivity contribution in [3.05, 3.63) is 59.3 Å². The molecule has 230 valence electrons. The standard InChI is InChI=1S/C31H36F3N5O4/c1-5-20-7-6-8-25(27(20)28(40)19(2)3)43-29-23(31(32,33)34)16-35-30(37-29)36-24-10-9-21(15-26(24)41-4)38-11-13-39(14-12-38)22-17-42-18-22/h6-10,15-16,19,22H,5,11-14,17-18H2,1-4H3,(H,35,36,37). The van der Waals surface area contributed by atoms with Gasteiger partial charge in [0.2, 0.25) is 11.8 Å². The first-order valence-corrected chi connectivity index (χ1v) is 14.4. The Labute approximate surface area is 249 Å². The lowest BCUT2D eigenvalue weighted by atomic mass is 9.94.